The van der Waals surface area contributed by atoms with Crippen molar-refractivity contribution in [2.45, 2.75) is 32.5 Å². The van der Waals surface area contributed by atoms with Gasteiger partial charge in [0.15, 0.2) is 0 Å². The van der Waals surface area contributed by atoms with Gasteiger partial charge in [0.25, 0.3) is 0 Å². The molecule has 0 aliphatic heterocycles. The van der Waals surface area contributed by atoms with Gasteiger partial charge in [-0.3, -0.25) is 0 Å². The minimum Gasteiger partial charge on any atom is -0.467 e. The molecular weight excluding hydrogens is 351 g/mol. The van der Waals surface area contributed by atoms with Crippen LogP contribution in [0.3, 0.4) is 0 Å². The van der Waals surface area contributed by atoms with Crippen LogP contribution in [0.1, 0.15) is 25.8 Å². The molecule has 0 aliphatic rings. The molecule has 118 valence electrons. The van der Waals surface area contributed by atoms with E-state index in [4.69, 9.17) is 0 Å². The molecule has 1 atom stereocenters. The monoisotopic (exact) mass is 367 g/mol. The molecule has 3 nitrogen and oxygen atoms in total. The second-order valence-electron chi connectivity index (χ2n) is 5.04. The van der Waals surface area contributed by atoms with E-state index in [1.807, 2.05) is 13.8 Å². The van der Waals surface area contributed by atoms with Crippen molar-refractivity contribution >= 4 is 27.6 Å². The molecule has 1 aromatic carbocycles. The average Bonchev–Trinajstić information content (AvgIpc) is 2.35. The van der Waals surface area contributed by atoms with Crippen LogP contribution in [0.15, 0.2) is 22.7 Å². The normalized spacial score (nSPS) is 13.1. The maximum Gasteiger partial charge on any atom is 0.418 e. The molecule has 0 aromatic heterocycles. The summed E-state index contributed by atoms with van der Waals surface area (Å²) >= 11 is 3.13. The number of rotatable bonds is 5. The summed E-state index contributed by atoms with van der Waals surface area (Å²) in [6.45, 7) is 3.76. The van der Waals surface area contributed by atoms with Crippen molar-refractivity contribution < 1.29 is 22.7 Å². The zero-order chi connectivity index (χ0) is 16.2. The Labute approximate surface area is 130 Å². The number of alkyl halides is 3. The summed E-state index contributed by atoms with van der Waals surface area (Å²) in [5, 5.41) is 2.65. The molecule has 7 heteroatoms. The molecule has 0 spiro atoms. The molecule has 0 aliphatic carbocycles. The number of carbonyl (C=O) groups excluding carboxylic acids is 1. The molecule has 0 fully saturated rings. The van der Waals surface area contributed by atoms with Crippen LogP contribution in [0.25, 0.3) is 0 Å². The largest absolute Gasteiger partial charge is 0.467 e. The van der Waals surface area contributed by atoms with Gasteiger partial charge in [-0.05, 0) is 30.5 Å². The first-order valence-corrected chi connectivity index (χ1v) is 7.15. The maximum atomic E-state index is 13.0. The molecule has 1 unspecified atom stereocenters. The van der Waals surface area contributed by atoms with Crippen molar-refractivity contribution in [3.8, 4) is 0 Å². The summed E-state index contributed by atoms with van der Waals surface area (Å²) in [5.74, 6) is -0.458. The van der Waals surface area contributed by atoms with E-state index in [0.29, 0.717) is 10.9 Å². The molecule has 0 bridgehead atoms. The fourth-order valence-electron chi connectivity index (χ4n) is 1.90. The summed E-state index contributed by atoms with van der Waals surface area (Å²) in [7, 11) is 1.21. The highest BCUT2D eigenvalue weighted by Gasteiger charge is 2.34. The van der Waals surface area contributed by atoms with E-state index in [1.165, 1.54) is 19.2 Å². The maximum absolute atomic E-state index is 13.0. The molecule has 1 N–H and O–H groups in total. The number of benzene rings is 1. The van der Waals surface area contributed by atoms with Crippen molar-refractivity contribution in [1.29, 1.82) is 0 Å². The van der Waals surface area contributed by atoms with E-state index in [1.54, 1.807) is 0 Å². The number of nitrogens with one attached hydrogen (secondary N) is 1. The Balaban J connectivity index is 3.13. The van der Waals surface area contributed by atoms with Gasteiger partial charge in [0, 0.05) is 10.2 Å². The predicted octanol–water partition coefficient (Wildman–Crippen LogP) is 4.47. The van der Waals surface area contributed by atoms with Crippen LogP contribution in [0, 0.1) is 5.92 Å². The summed E-state index contributed by atoms with van der Waals surface area (Å²) in [4.78, 5) is 11.7. The van der Waals surface area contributed by atoms with Gasteiger partial charge in [0.05, 0.1) is 12.7 Å². The zero-order valence-electron chi connectivity index (χ0n) is 11.9. The van der Waals surface area contributed by atoms with Crippen molar-refractivity contribution in [3.63, 3.8) is 0 Å². The van der Waals surface area contributed by atoms with Crippen LogP contribution >= 0.6 is 15.9 Å². The van der Waals surface area contributed by atoms with Crippen LogP contribution < -0.4 is 5.32 Å². The first kappa shape index (κ1) is 17.8. The Morgan fingerprint density at radius 2 is 2.00 bits per heavy atom. The number of carbonyl (C=O) groups is 1. The number of hydrogen-bond donors (Lipinski definition) is 1. The number of esters is 1. The van der Waals surface area contributed by atoms with Gasteiger partial charge >= 0.3 is 12.1 Å². The standard InChI is InChI=1S/C14H17BrF3NO2/c1-8(2)6-12(13(20)21-3)19-11-7-9(15)4-5-10(11)14(16,17)18/h4-5,7-8,12,19H,6H2,1-3H3. The zero-order valence-corrected chi connectivity index (χ0v) is 13.5. The minimum atomic E-state index is -4.50. The summed E-state index contributed by atoms with van der Waals surface area (Å²) < 4.78 is 44.2. The van der Waals surface area contributed by atoms with Crippen LogP contribution in [-0.4, -0.2) is 19.1 Å². The van der Waals surface area contributed by atoms with Crippen LogP contribution in [-0.2, 0) is 15.7 Å². The molecule has 0 radical (unpaired) electrons. The van der Waals surface area contributed by atoms with Gasteiger partial charge in [-0.2, -0.15) is 13.2 Å². The fourth-order valence-corrected chi connectivity index (χ4v) is 2.26. The number of hydrogen-bond acceptors (Lipinski definition) is 3. The van der Waals surface area contributed by atoms with E-state index in [0.717, 1.165) is 6.07 Å². The van der Waals surface area contributed by atoms with Crippen LogP contribution in [0.2, 0.25) is 0 Å². The van der Waals surface area contributed by atoms with E-state index in [-0.39, 0.29) is 11.6 Å². The highest BCUT2D eigenvalue weighted by atomic mass is 79.9. The Morgan fingerprint density at radius 1 is 1.38 bits per heavy atom. The average molecular weight is 368 g/mol. The number of anilines is 1. The second-order valence-corrected chi connectivity index (χ2v) is 5.95. The lowest BCUT2D eigenvalue weighted by Gasteiger charge is -2.22. The van der Waals surface area contributed by atoms with Gasteiger partial charge in [-0.1, -0.05) is 29.8 Å². The first-order chi connectivity index (χ1) is 9.65. The van der Waals surface area contributed by atoms with Gasteiger partial charge in [0.2, 0.25) is 0 Å². The third-order valence-corrected chi connectivity index (χ3v) is 3.30. The third-order valence-electron chi connectivity index (χ3n) is 2.81. The lowest BCUT2D eigenvalue weighted by atomic mass is 10.0. The van der Waals surface area contributed by atoms with E-state index in [2.05, 4.69) is 26.0 Å². The Bertz CT molecular complexity index is 503. The molecule has 21 heavy (non-hydrogen) atoms. The summed E-state index contributed by atoms with van der Waals surface area (Å²) in [6.07, 6.45) is -4.13. The second kappa shape index (κ2) is 7.15. The smallest absolute Gasteiger partial charge is 0.418 e. The molecule has 0 heterocycles. The molecule has 0 saturated heterocycles. The lowest BCUT2D eigenvalue weighted by molar-refractivity contribution is -0.142. The highest BCUT2D eigenvalue weighted by Crippen LogP contribution is 2.36. The number of methoxy groups -OCH3 is 1. The number of ether oxygens (including phenoxy) is 1. The molecular formula is C14H17BrF3NO2. The highest BCUT2D eigenvalue weighted by molar-refractivity contribution is 9.10. The van der Waals surface area contributed by atoms with Crippen molar-refractivity contribution in [2.24, 2.45) is 5.92 Å². The van der Waals surface area contributed by atoms with E-state index < -0.39 is 23.8 Å². The fraction of sp³-hybridized carbons (Fsp3) is 0.500. The number of halogens is 4. The van der Waals surface area contributed by atoms with Crippen LogP contribution in [0.4, 0.5) is 18.9 Å². The molecule has 0 amide bonds. The summed E-state index contributed by atoms with van der Waals surface area (Å²) in [6, 6.07) is 2.75. The lowest BCUT2D eigenvalue weighted by Crippen LogP contribution is -2.33. The van der Waals surface area contributed by atoms with Crippen LogP contribution in [0.5, 0.6) is 0 Å². The quantitative estimate of drug-likeness (QED) is 0.780. The predicted molar refractivity (Wildman–Crippen MR) is 78.0 cm³/mol. The molecule has 1 rings (SSSR count). The van der Waals surface area contributed by atoms with Gasteiger partial charge in [0.1, 0.15) is 6.04 Å². The Hall–Kier alpha value is -1.24. The Morgan fingerprint density at radius 3 is 2.48 bits per heavy atom. The SMILES string of the molecule is COC(=O)C(CC(C)C)Nc1cc(Br)ccc1C(F)(F)F. The van der Waals surface area contributed by atoms with E-state index >= 15 is 0 Å². The van der Waals surface area contributed by atoms with Gasteiger partial charge < -0.3 is 10.1 Å². The molecule has 1 aromatic rings. The van der Waals surface area contributed by atoms with E-state index in [9.17, 15) is 18.0 Å². The van der Waals surface area contributed by atoms with Gasteiger partial charge in [-0.15, -0.1) is 0 Å². The Kier molecular flexibility index (Phi) is 6.07. The summed E-state index contributed by atoms with van der Waals surface area (Å²) in [5.41, 5.74) is -0.962. The molecule has 0 saturated carbocycles. The van der Waals surface area contributed by atoms with Gasteiger partial charge in [-0.25, -0.2) is 4.79 Å². The third kappa shape index (κ3) is 5.22. The topological polar surface area (TPSA) is 38.3 Å². The van der Waals surface area contributed by atoms with Crippen molar-refractivity contribution in [3.05, 3.63) is 28.2 Å². The van der Waals surface area contributed by atoms with Crippen molar-refractivity contribution in [1.82, 2.24) is 0 Å². The minimum absolute atomic E-state index is 0.128. The first-order valence-electron chi connectivity index (χ1n) is 6.36. The van der Waals surface area contributed by atoms with Crippen molar-refractivity contribution in [2.75, 3.05) is 12.4 Å².